The van der Waals surface area contributed by atoms with E-state index in [9.17, 15) is 4.79 Å². The van der Waals surface area contributed by atoms with Crippen LogP contribution in [0.5, 0.6) is 0 Å². The van der Waals surface area contributed by atoms with E-state index in [1.165, 1.54) is 0 Å². The molecule has 0 atom stereocenters. The van der Waals surface area contributed by atoms with Gasteiger partial charge in [0.2, 0.25) is 5.78 Å². The molecule has 0 aliphatic carbocycles. The Hall–Kier alpha value is -0.750. The number of carbonyl (C=O) groups excluding carboxylic acids is 1. The fourth-order valence-electron chi connectivity index (χ4n) is 1.98. The van der Waals surface area contributed by atoms with Crippen LogP contribution in [-0.4, -0.2) is 31.6 Å². The third-order valence-electron chi connectivity index (χ3n) is 3.09. The molecule has 5 heteroatoms. The monoisotopic (exact) mass is 254 g/mol. The lowest BCUT2D eigenvalue weighted by Gasteiger charge is -2.49. The molecule has 4 nitrogen and oxygen atoms in total. The standard InChI is InChI=1S/C12H14O4S/c1-11-6-14-12(15-7-11,16-8-11)10(13)5-9-3-2-4-17-9/h2-4H,5-8H2,1H3. The van der Waals surface area contributed by atoms with E-state index in [-0.39, 0.29) is 11.2 Å². The summed E-state index contributed by atoms with van der Waals surface area (Å²) in [6, 6.07) is 3.85. The summed E-state index contributed by atoms with van der Waals surface area (Å²) in [5.41, 5.74) is -0.106. The minimum absolute atomic E-state index is 0.106. The van der Waals surface area contributed by atoms with Gasteiger partial charge in [-0.1, -0.05) is 13.0 Å². The molecular weight excluding hydrogens is 240 g/mol. The topological polar surface area (TPSA) is 44.8 Å². The van der Waals surface area contributed by atoms with Crippen molar-refractivity contribution in [2.24, 2.45) is 5.41 Å². The highest BCUT2D eigenvalue weighted by atomic mass is 32.1. The Morgan fingerprint density at radius 2 is 2.00 bits per heavy atom. The van der Waals surface area contributed by atoms with Crippen LogP contribution in [0.25, 0.3) is 0 Å². The van der Waals surface area contributed by atoms with E-state index in [2.05, 4.69) is 0 Å². The first-order chi connectivity index (χ1) is 8.12. The molecule has 4 heterocycles. The SMILES string of the molecule is CC12COC(C(=O)Cc3cccs3)(OC1)OC2. The van der Waals surface area contributed by atoms with E-state index in [1.54, 1.807) is 11.3 Å². The third kappa shape index (κ3) is 1.93. The Balaban J connectivity index is 1.74. The number of hydrogen-bond donors (Lipinski definition) is 0. The zero-order chi connectivity index (χ0) is 11.9. The number of thiophene rings is 1. The summed E-state index contributed by atoms with van der Waals surface area (Å²) in [7, 11) is 0. The van der Waals surface area contributed by atoms with Crippen molar-refractivity contribution in [2.45, 2.75) is 19.3 Å². The van der Waals surface area contributed by atoms with Crippen LogP contribution in [0.4, 0.5) is 0 Å². The molecule has 2 bridgehead atoms. The molecule has 1 aromatic heterocycles. The van der Waals surface area contributed by atoms with E-state index in [1.807, 2.05) is 24.4 Å². The fraction of sp³-hybridized carbons (Fsp3) is 0.583. The third-order valence-corrected chi connectivity index (χ3v) is 3.96. The van der Waals surface area contributed by atoms with E-state index in [0.717, 1.165) is 4.88 Å². The molecule has 4 rings (SSSR count). The Morgan fingerprint density at radius 3 is 2.53 bits per heavy atom. The molecule has 3 saturated heterocycles. The summed E-state index contributed by atoms with van der Waals surface area (Å²) in [6.45, 7) is 3.58. The zero-order valence-corrected chi connectivity index (χ0v) is 10.4. The van der Waals surface area contributed by atoms with Crippen LogP contribution in [0.15, 0.2) is 17.5 Å². The van der Waals surface area contributed by atoms with E-state index in [4.69, 9.17) is 14.2 Å². The second-order valence-corrected chi connectivity index (χ2v) is 5.94. The van der Waals surface area contributed by atoms with Gasteiger partial charge in [-0.15, -0.1) is 11.3 Å². The van der Waals surface area contributed by atoms with Crippen LogP contribution in [0.3, 0.4) is 0 Å². The molecule has 0 N–H and O–H groups in total. The molecule has 0 saturated carbocycles. The van der Waals surface area contributed by atoms with Crippen molar-refractivity contribution in [3.63, 3.8) is 0 Å². The average molecular weight is 254 g/mol. The summed E-state index contributed by atoms with van der Waals surface area (Å²) in [4.78, 5) is 13.2. The second kappa shape index (κ2) is 3.88. The smallest absolute Gasteiger partial charge is 0.320 e. The van der Waals surface area contributed by atoms with Gasteiger partial charge < -0.3 is 14.2 Å². The van der Waals surface area contributed by atoms with Crippen molar-refractivity contribution in [3.8, 4) is 0 Å². The summed E-state index contributed by atoms with van der Waals surface area (Å²) in [5, 5.41) is 1.95. The van der Waals surface area contributed by atoms with Gasteiger partial charge in [-0.2, -0.15) is 0 Å². The highest BCUT2D eigenvalue weighted by Crippen LogP contribution is 2.38. The predicted molar refractivity (Wildman–Crippen MR) is 61.7 cm³/mol. The molecule has 0 radical (unpaired) electrons. The number of carbonyl (C=O) groups is 1. The van der Waals surface area contributed by atoms with E-state index >= 15 is 0 Å². The quantitative estimate of drug-likeness (QED) is 0.822. The summed E-state index contributed by atoms with van der Waals surface area (Å²) in [6.07, 6.45) is 0.300. The number of fused-ring (bicyclic) bond motifs is 3. The van der Waals surface area contributed by atoms with Crippen molar-refractivity contribution in [1.82, 2.24) is 0 Å². The predicted octanol–water partition coefficient (Wildman–Crippen LogP) is 1.60. The molecule has 0 unspecified atom stereocenters. The number of Topliss-reactive ketones (excluding diaryl/α,β-unsaturated/α-hetero) is 1. The van der Waals surface area contributed by atoms with Gasteiger partial charge in [0.25, 0.3) is 0 Å². The van der Waals surface area contributed by atoms with Crippen LogP contribution in [0.1, 0.15) is 11.8 Å². The number of ether oxygens (including phenoxy) is 3. The molecule has 1 aromatic rings. The van der Waals surface area contributed by atoms with Gasteiger partial charge in [-0.3, -0.25) is 4.79 Å². The normalized spacial score (nSPS) is 36.1. The van der Waals surface area contributed by atoms with Gasteiger partial charge in [-0.05, 0) is 11.4 Å². The minimum atomic E-state index is -1.44. The average Bonchev–Trinajstić information content (AvgIpc) is 2.83. The van der Waals surface area contributed by atoms with Crippen LogP contribution in [-0.2, 0) is 25.4 Å². The van der Waals surface area contributed by atoms with E-state index in [0.29, 0.717) is 26.2 Å². The lowest BCUT2D eigenvalue weighted by Crippen LogP contribution is -2.62. The largest absolute Gasteiger partial charge is 0.347 e. The van der Waals surface area contributed by atoms with E-state index < -0.39 is 5.97 Å². The van der Waals surface area contributed by atoms with Gasteiger partial charge in [-0.25, -0.2) is 0 Å². The van der Waals surface area contributed by atoms with Crippen LogP contribution in [0, 0.1) is 5.41 Å². The van der Waals surface area contributed by atoms with Gasteiger partial charge in [0.05, 0.1) is 19.8 Å². The first kappa shape index (κ1) is 11.3. The van der Waals surface area contributed by atoms with Gasteiger partial charge in [0, 0.05) is 16.7 Å². The fourth-order valence-corrected chi connectivity index (χ4v) is 2.68. The first-order valence-corrected chi connectivity index (χ1v) is 6.48. The molecule has 17 heavy (non-hydrogen) atoms. The van der Waals surface area contributed by atoms with Crippen LogP contribution >= 0.6 is 11.3 Å². The summed E-state index contributed by atoms with van der Waals surface area (Å²) >= 11 is 1.55. The van der Waals surface area contributed by atoms with Gasteiger partial charge in [0.1, 0.15) is 0 Å². The van der Waals surface area contributed by atoms with Crippen molar-refractivity contribution in [1.29, 1.82) is 0 Å². The second-order valence-electron chi connectivity index (χ2n) is 4.91. The molecule has 0 aromatic carbocycles. The lowest BCUT2D eigenvalue weighted by atomic mass is 9.91. The highest BCUT2D eigenvalue weighted by molar-refractivity contribution is 7.10. The molecule has 92 valence electrons. The Kier molecular flexibility index (Phi) is 2.59. The Morgan fingerprint density at radius 1 is 1.35 bits per heavy atom. The summed E-state index contributed by atoms with van der Waals surface area (Å²) in [5.74, 6) is -1.59. The zero-order valence-electron chi connectivity index (χ0n) is 9.60. The van der Waals surface area contributed by atoms with Crippen LogP contribution < -0.4 is 0 Å². The molecule has 0 spiro atoms. The van der Waals surface area contributed by atoms with Crippen LogP contribution in [0.2, 0.25) is 0 Å². The maximum absolute atomic E-state index is 12.2. The van der Waals surface area contributed by atoms with Crippen molar-refractivity contribution in [2.75, 3.05) is 19.8 Å². The lowest BCUT2D eigenvalue weighted by molar-refractivity contribution is -0.439. The number of rotatable bonds is 3. The first-order valence-electron chi connectivity index (χ1n) is 5.60. The molecule has 3 aliphatic rings. The Bertz CT molecular complexity index is 401. The number of hydrogen-bond acceptors (Lipinski definition) is 5. The molecule has 0 amide bonds. The van der Waals surface area contributed by atoms with Gasteiger partial charge >= 0.3 is 5.97 Å². The molecule has 3 fully saturated rings. The highest BCUT2D eigenvalue weighted by Gasteiger charge is 2.54. The molecular formula is C12H14O4S. The van der Waals surface area contributed by atoms with Crippen molar-refractivity contribution >= 4 is 17.1 Å². The molecule has 3 aliphatic heterocycles. The van der Waals surface area contributed by atoms with Gasteiger partial charge in [0.15, 0.2) is 0 Å². The number of ketones is 1. The van der Waals surface area contributed by atoms with Crippen molar-refractivity contribution in [3.05, 3.63) is 22.4 Å². The maximum atomic E-state index is 12.2. The summed E-state index contributed by atoms with van der Waals surface area (Å²) < 4.78 is 16.5. The Labute approximate surface area is 103 Å². The maximum Gasteiger partial charge on any atom is 0.347 e. The minimum Gasteiger partial charge on any atom is -0.320 e. The van der Waals surface area contributed by atoms with Crippen molar-refractivity contribution < 1.29 is 19.0 Å².